The largest absolute Gasteiger partial charge is 0.325 e. The SMILES string of the molecule is O=C(CSCCC1CCCCN1)Nc1ccc(F)cc1. The van der Waals surface area contributed by atoms with Crippen LogP contribution in [-0.4, -0.2) is 30.0 Å². The van der Waals surface area contributed by atoms with E-state index in [0.717, 1.165) is 18.7 Å². The summed E-state index contributed by atoms with van der Waals surface area (Å²) in [6.45, 7) is 1.13. The molecule has 1 fully saturated rings. The van der Waals surface area contributed by atoms with Crippen LogP contribution in [0.5, 0.6) is 0 Å². The number of carbonyl (C=O) groups is 1. The predicted molar refractivity (Wildman–Crippen MR) is 82.6 cm³/mol. The molecule has 5 heteroatoms. The summed E-state index contributed by atoms with van der Waals surface area (Å²) in [6.07, 6.45) is 4.97. The number of thioether (sulfide) groups is 1. The minimum Gasteiger partial charge on any atom is -0.325 e. The number of rotatable bonds is 6. The van der Waals surface area contributed by atoms with Crippen LogP contribution in [0.1, 0.15) is 25.7 Å². The first-order chi connectivity index (χ1) is 9.74. The Morgan fingerprint density at radius 2 is 2.15 bits per heavy atom. The zero-order valence-corrected chi connectivity index (χ0v) is 12.3. The molecule has 2 rings (SSSR count). The summed E-state index contributed by atoms with van der Waals surface area (Å²) in [4.78, 5) is 11.7. The molecule has 0 spiro atoms. The third-order valence-corrected chi connectivity index (χ3v) is 4.37. The molecule has 1 atom stereocenters. The number of amides is 1. The van der Waals surface area contributed by atoms with Crippen molar-refractivity contribution in [2.75, 3.05) is 23.4 Å². The van der Waals surface area contributed by atoms with E-state index in [1.165, 1.54) is 31.4 Å². The van der Waals surface area contributed by atoms with Gasteiger partial charge in [-0.1, -0.05) is 6.42 Å². The number of piperidine rings is 1. The lowest BCUT2D eigenvalue weighted by Gasteiger charge is -2.23. The van der Waals surface area contributed by atoms with Gasteiger partial charge >= 0.3 is 0 Å². The Kier molecular flexibility index (Phi) is 6.33. The summed E-state index contributed by atoms with van der Waals surface area (Å²) < 4.78 is 12.7. The maximum atomic E-state index is 12.7. The Morgan fingerprint density at radius 3 is 2.85 bits per heavy atom. The van der Waals surface area contributed by atoms with E-state index < -0.39 is 0 Å². The normalized spacial score (nSPS) is 18.8. The van der Waals surface area contributed by atoms with Crippen molar-refractivity contribution in [3.8, 4) is 0 Å². The molecule has 110 valence electrons. The van der Waals surface area contributed by atoms with Crippen LogP contribution in [0.3, 0.4) is 0 Å². The first-order valence-electron chi connectivity index (χ1n) is 7.10. The van der Waals surface area contributed by atoms with Crippen LogP contribution in [0.2, 0.25) is 0 Å². The molecule has 0 radical (unpaired) electrons. The van der Waals surface area contributed by atoms with E-state index in [2.05, 4.69) is 10.6 Å². The van der Waals surface area contributed by atoms with Crippen LogP contribution < -0.4 is 10.6 Å². The number of benzene rings is 1. The monoisotopic (exact) mass is 296 g/mol. The summed E-state index contributed by atoms with van der Waals surface area (Å²) >= 11 is 1.65. The maximum Gasteiger partial charge on any atom is 0.234 e. The quantitative estimate of drug-likeness (QED) is 0.793. The van der Waals surface area contributed by atoms with Gasteiger partial charge in [-0.2, -0.15) is 11.8 Å². The van der Waals surface area contributed by atoms with E-state index in [4.69, 9.17) is 0 Å². The molecule has 1 amide bonds. The molecule has 20 heavy (non-hydrogen) atoms. The summed E-state index contributed by atoms with van der Waals surface area (Å²) in [5, 5.41) is 6.27. The molecule has 1 heterocycles. The fourth-order valence-electron chi connectivity index (χ4n) is 2.29. The third-order valence-electron chi connectivity index (χ3n) is 3.38. The van der Waals surface area contributed by atoms with Crippen molar-refractivity contribution in [2.45, 2.75) is 31.7 Å². The topological polar surface area (TPSA) is 41.1 Å². The first-order valence-corrected chi connectivity index (χ1v) is 8.26. The standard InChI is InChI=1S/C15H21FN2OS/c16-12-4-6-14(7-5-12)18-15(19)11-20-10-8-13-3-1-2-9-17-13/h4-7,13,17H,1-3,8-11H2,(H,18,19). The van der Waals surface area contributed by atoms with Crippen LogP contribution in [0.15, 0.2) is 24.3 Å². The van der Waals surface area contributed by atoms with Gasteiger partial charge in [0.05, 0.1) is 5.75 Å². The maximum absolute atomic E-state index is 12.7. The molecule has 1 aromatic carbocycles. The number of nitrogens with one attached hydrogen (secondary N) is 2. The van der Waals surface area contributed by atoms with E-state index in [0.29, 0.717) is 17.5 Å². The van der Waals surface area contributed by atoms with Gasteiger partial charge in [0.1, 0.15) is 5.82 Å². The fourth-order valence-corrected chi connectivity index (χ4v) is 3.14. The van der Waals surface area contributed by atoms with Crippen molar-refractivity contribution in [2.24, 2.45) is 0 Å². The van der Waals surface area contributed by atoms with Gasteiger partial charge in [0.2, 0.25) is 5.91 Å². The highest BCUT2D eigenvalue weighted by molar-refractivity contribution is 7.99. The second-order valence-corrected chi connectivity index (χ2v) is 6.15. The molecule has 1 saturated heterocycles. The van der Waals surface area contributed by atoms with Gasteiger partial charge in [-0.3, -0.25) is 4.79 Å². The average molecular weight is 296 g/mol. The van der Waals surface area contributed by atoms with Crippen LogP contribution in [0.25, 0.3) is 0 Å². The van der Waals surface area contributed by atoms with E-state index in [-0.39, 0.29) is 11.7 Å². The van der Waals surface area contributed by atoms with Crippen LogP contribution in [-0.2, 0) is 4.79 Å². The number of halogens is 1. The van der Waals surface area contributed by atoms with E-state index in [9.17, 15) is 9.18 Å². The molecule has 1 aliphatic rings. The molecule has 1 aromatic rings. The second-order valence-electron chi connectivity index (χ2n) is 5.04. The minimum absolute atomic E-state index is 0.0294. The number of hydrogen-bond acceptors (Lipinski definition) is 3. The molecule has 0 bridgehead atoms. The Bertz CT molecular complexity index is 418. The van der Waals surface area contributed by atoms with Crippen LogP contribution in [0, 0.1) is 5.82 Å². The van der Waals surface area contributed by atoms with Gasteiger partial charge in [0.25, 0.3) is 0 Å². The molecule has 0 aromatic heterocycles. The van der Waals surface area contributed by atoms with Gasteiger partial charge in [0, 0.05) is 11.7 Å². The zero-order chi connectivity index (χ0) is 14.2. The van der Waals surface area contributed by atoms with E-state index >= 15 is 0 Å². The van der Waals surface area contributed by atoms with Crippen molar-refractivity contribution < 1.29 is 9.18 Å². The third kappa shape index (κ3) is 5.51. The van der Waals surface area contributed by atoms with Gasteiger partial charge in [-0.05, 0) is 55.8 Å². The Balaban J connectivity index is 1.59. The van der Waals surface area contributed by atoms with E-state index in [1.807, 2.05) is 0 Å². The summed E-state index contributed by atoms with van der Waals surface area (Å²) in [7, 11) is 0. The van der Waals surface area contributed by atoms with Crippen LogP contribution in [0.4, 0.5) is 10.1 Å². The summed E-state index contributed by atoms with van der Waals surface area (Å²) in [6, 6.07) is 6.46. The molecule has 0 saturated carbocycles. The van der Waals surface area contributed by atoms with E-state index in [1.54, 1.807) is 23.9 Å². The van der Waals surface area contributed by atoms with Crippen molar-refractivity contribution >= 4 is 23.4 Å². The molecular formula is C15H21FN2OS. The fraction of sp³-hybridized carbons (Fsp3) is 0.533. The molecule has 1 unspecified atom stereocenters. The highest BCUT2D eigenvalue weighted by atomic mass is 32.2. The van der Waals surface area contributed by atoms with Crippen molar-refractivity contribution in [1.82, 2.24) is 5.32 Å². The Labute approximate surface area is 123 Å². The van der Waals surface area contributed by atoms with Gasteiger partial charge in [0.15, 0.2) is 0 Å². The molecule has 0 aliphatic carbocycles. The lowest BCUT2D eigenvalue weighted by molar-refractivity contribution is -0.113. The molecule has 1 aliphatic heterocycles. The predicted octanol–water partition coefficient (Wildman–Crippen LogP) is 3.03. The van der Waals surface area contributed by atoms with Gasteiger partial charge in [-0.15, -0.1) is 0 Å². The summed E-state index contributed by atoms with van der Waals surface area (Å²) in [5.41, 5.74) is 0.644. The minimum atomic E-state index is -0.294. The smallest absolute Gasteiger partial charge is 0.234 e. The highest BCUT2D eigenvalue weighted by Gasteiger charge is 2.12. The average Bonchev–Trinajstić information content (AvgIpc) is 2.47. The second kappa shape index (κ2) is 8.27. The lowest BCUT2D eigenvalue weighted by Crippen LogP contribution is -2.34. The van der Waals surface area contributed by atoms with Crippen molar-refractivity contribution in [1.29, 1.82) is 0 Å². The Morgan fingerprint density at radius 1 is 1.35 bits per heavy atom. The lowest BCUT2D eigenvalue weighted by atomic mass is 10.0. The van der Waals surface area contributed by atoms with Gasteiger partial charge < -0.3 is 10.6 Å². The summed E-state index contributed by atoms with van der Waals surface area (Å²) in [5.74, 6) is 1.12. The zero-order valence-electron chi connectivity index (χ0n) is 11.5. The van der Waals surface area contributed by atoms with Crippen molar-refractivity contribution in [3.63, 3.8) is 0 Å². The number of carbonyl (C=O) groups excluding carboxylic acids is 1. The number of anilines is 1. The van der Waals surface area contributed by atoms with Crippen molar-refractivity contribution in [3.05, 3.63) is 30.1 Å². The number of hydrogen-bond donors (Lipinski definition) is 2. The first kappa shape index (κ1) is 15.3. The van der Waals surface area contributed by atoms with Gasteiger partial charge in [-0.25, -0.2) is 4.39 Å². The Hall–Kier alpha value is -1.07. The molecule has 2 N–H and O–H groups in total. The van der Waals surface area contributed by atoms with Crippen LogP contribution >= 0.6 is 11.8 Å². The molecular weight excluding hydrogens is 275 g/mol. The molecule has 3 nitrogen and oxygen atoms in total. The highest BCUT2D eigenvalue weighted by Crippen LogP contribution is 2.14.